The standard InChI is InChI=1S/C24H32FN3O2.HI/c1-3-26-23(27-14-11-19-7-4-5-10-22(19)29-2)28-18-24(12-15-30-16-13-24)20-8-6-9-21(25)17-20;/h4-10,17H,3,11-16,18H2,1-2H3,(H2,26,27,28);1H. The molecule has 2 N–H and O–H groups in total. The van der Waals surface area contributed by atoms with E-state index in [1.54, 1.807) is 19.2 Å². The minimum Gasteiger partial charge on any atom is -0.496 e. The Morgan fingerprint density at radius 3 is 2.61 bits per heavy atom. The van der Waals surface area contributed by atoms with Crippen LogP contribution in [0.2, 0.25) is 0 Å². The van der Waals surface area contributed by atoms with E-state index in [1.165, 1.54) is 6.07 Å². The number of hydrogen-bond donors (Lipinski definition) is 2. The van der Waals surface area contributed by atoms with Crippen LogP contribution >= 0.6 is 24.0 Å². The lowest BCUT2D eigenvalue weighted by Crippen LogP contribution is -2.41. The van der Waals surface area contributed by atoms with Gasteiger partial charge in [0.1, 0.15) is 11.6 Å². The molecule has 0 aromatic heterocycles. The monoisotopic (exact) mass is 541 g/mol. The molecule has 2 aromatic carbocycles. The summed E-state index contributed by atoms with van der Waals surface area (Å²) in [5.41, 5.74) is 1.95. The summed E-state index contributed by atoms with van der Waals surface area (Å²) in [5.74, 6) is 1.47. The minimum absolute atomic E-state index is 0. The number of nitrogens with one attached hydrogen (secondary N) is 2. The molecule has 1 heterocycles. The topological polar surface area (TPSA) is 54.9 Å². The van der Waals surface area contributed by atoms with E-state index in [2.05, 4.69) is 16.7 Å². The quantitative estimate of drug-likeness (QED) is 0.298. The average Bonchev–Trinajstić information content (AvgIpc) is 2.78. The predicted octanol–water partition coefficient (Wildman–Crippen LogP) is 4.30. The van der Waals surface area contributed by atoms with Gasteiger partial charge in [-0.15, -0.1) is 24.0 Å². The molecule has 3 rings (SSSR count). The number of methoxy groups -OCH3 is 1. The Morgan fingerprint density at radius 1 is 1.13 bits per heavy atom. The van der Waals surface area contributed by atoms with E-state index in [-0.39, 0.29) is 35.2 Å². The SMILES string of the molecule is CCNC(=NCC1(c2cccc(F)c2)CCOCC1)NCCc1ccccc1OC.I. The third-order valence-corrected chi connectivity index (χ3v) is 5.65. The number of rotatable bonds is 8. The lowest BCUT2D eigenvalue weighted by atomic mass is 9.74. The second-order valence-corrected chi connectivity index (χ2v) is 7.59. The van der Waals surface area contributed by atoms with Crippen LogP contribution in [0.3, 0.4) is 0 Å². The highest BCUT2D eigenvalue weighted by atomic mass is 127. The summed E-state index contributed by atoms with van der Waals surface area (Å²) in [5, 5.41) is 6.74. The van der Waals surface area contributed by atoms with Gasteiger partial charge in [0.05, 0.1) is 13.7 Å². The van der Waals surface area contributed by atoms with Crippen molar-refractivity contribution in [1.82, 2.24) is 10.6 Å². The molecular formula is C24H33FIN3O2. The zero-order valence-corrected chi connectivity index (χ0v) is 20.7. The van der Waals surface area contributed by atoms with Gasteiger partial charge >= 0.3 is 0 Å². The molecule has 170 valence electrons. The molecule has 0 radical (unpaired) electrons. The highest BCUT2D eigenvalue weighted by Gasteiger charge is 2.34. The van der Waals surface area contributed by atoms with Crippen molar-refractivity contribution in [1.29, 1.82) is 0 Å². The Morgan fingerprint density at radius 2 is 1.90 bits per heavy atom. The zero-order valence-electron chi connectivity index (χ0n) is 18.3. The number of nitrogens with zero attached hydrogens (tertiary/aromatic N) is 1. The Hall–Kier alpha value is -1.87. The fraction of sp³-hybridized carbons (Fsp3) is 0.458. The first-order valence-corrected chi connectivity index (χ1v) is 10.6. The predicted molar refractivity (Wildman–Crippen MR) is 134 cm³/mol. The molecule has 2 aromatic rings. The summed E-state index contributed by atoms with van der Waals surface area (Å²) in [6.45, 7) is 5.49. The number of para-hydroxylation sites is 1. The fourth-order valence-corrected chi connectivity index (χ4v) is 3.92. The van der Waals surface area contributed by atoms with Crippen LogP contribution in [-0.4, -0.2) is 45.9 Å². The molecule has 1 fully saturated rings. The Labute approximate surface area is 201 Å². The average molecular weight is 541 g/mol. The maximum atomic E-state index is 13.9. The van der Waals surface area contributed by atoms with Crippen LogP contribution in [0.1, 0.15) is 30.9 Å². The van der Waals surface area contributed by atoms with Crippen molar-refractivity contribution in [2.24, 2.45) is 4.99 Å². The first-order valence-electron chi connectivity index (χ1n) is 10.6. The second kappa shape index (κ2) is 12.9. The first kappa shape index (κ1) is 25.4. The van der Waals surface area contributed by atoms with E-state index in [4.69, 9.17) is 14.5 Å². The molecule has 0 saturated carbocycles. The molecule has 1 saturated heterocycles. The molecule has 0 atom stereocenters. The van der Waals surface area contributed by atoms with Crippen LogP contribution in [0.5, 0.6) is 5.75 Å². The van der Waals surface area contributed by atoms with Gasteiger partial charge in [0.2, 0.25) is 0 Å². The third kappa shape index (κ3) is 7.07. The van der Waals surface area contributed by atoms with Crippen molar-refractivity contribution in [2.75, 3.05) is 40.0 Å². The molecule has 0 spiro atoms. The Kier molecular flexibility index (Phi) is 10.5. The molecule has 7 heteroatoms. The lowest BCUT2D eigenvalue weighted by molar-refractivity contribution is 0.0530. The smallest absolute Gasteiger partial charge is 0.191 e. The molecule has 1 aliphatic heterocycles. The van der Waals surface area contributed by atoms with Crippen molar-refractivity contribution < 1.29 is 13.9 Å². The minimum atomic E-state index is -0.204. The van der Waals surface area contributed by atoms with Crippen LogP contribution in [0.25, 0.3) is 0 Å². The normalized spacial score (nSPS) is 15.6. The van der Waals surface area contributed by atoms with Crippen molar-refractivity contribution in [2.45, 2.75) is 31.6 Å². The summed E-state index contributed by atoms with van der Waals surface area (Å²) < 4.78 is 24.9. The van der Waals surface area contributed by atoms with E-state index < -0.39 is 0 Å². The van der Waals surface area contributed by atoms with Crippen molar-refractivity contribution in [3.8, 4) is 5.75 Å². The van der Waals surface area contributed by atoms with Crippen LogP contribution in [0.15, 0.2) is 53.5 Å². The number of benzene rings is 2. The molecule has 0 amide bonds. The van der Waals surface area contributed by atoms with Crippen molar-refractivity contribution >= 4 is 29.9 Å². The van der Waals surface area contributed by atoms with Crippen LogP contribution in [0.4, 0.5) is 4.39 Å². The van der Waals surface area contributed by atoms with Gasteiger partial charge in [0.25, 0.3) is 0 Å². The number of halogens is 2. The third-order valence-electron chi connectivity index (χ3n) is 5.65. The zero-order chi connectivity index (χ0) is 21.2. The first-order chi connectivity index (χ1) is 14.7. The number of ether oxygens (including phenoxy) is 2. The molecule has 0 aliphatic carbocycles. The van der Waals surface area contributed by atoms with Gasteiger partial charge in [-0.25, -0.2) is 4.39 Å². The van der Waals surface area contributed by atoms with Crippen molar-refractivity contribution in [3.05, 3.63) is 65.5 Å². The summed E-state index contributed by atoms with van der Waals surface area (Å²) >= 11 is 0. The number of hydrogen-bond acceptors (Lipinski definition) is 3. The Bertz CT molecular complexity index is 841. The number of guanidine groups is 1. The second-order valence-electron chi connectivity index (χ2n) is 7.59. The van der Waals surface area contributed by atoms with Gasteiger partial charge in [0.15, 0.2) is 5.96 Å². The van der Waals surface area contributed by atoms with E-state index in [0.717, 1.165) is 55.2 Å². The molecular weight excluding hydrogens is 508 g/mol. The highest BCUT2D eigenvalue weighted by molar-refractivity contribution is 14.0. The molecule has 1 aliphatic rings. The fourth-order valence-electron chi connectivity index (χ4n) is 3.92. The van der Waals surface area contributed by atoms with E-state index >= 15 is 0 Å². The van der Waals surface area contributed by atoms with E-state index in [9.17, 15) is 4.39 Å². The van der Waals surface area contributed by atoms with Crippen LogP contribution < -0.4 is 15.4 Å². The van der Waals surface area contributed by atoms with Crippen molar-refractivity contribution in [3.63, 3.8) is 0 Å². The summed E-state index contributed by atoms with van der Waals surface area (Å²) in [4.78, 5) is 4.87. The molecule has 5 nitrogen and oxygen atoms in total. The highest BCUT2D eigenvalue weighted by Crippen LogP contribution is 2.35. The number of aliphatic imine (C=N–C) groups is 1. The molecule has 0 bridgehead atoms. The maximum absolute atomic E-state index is 13.9. The van der Waals surface area contributed by atoms with Crippen LogP contribution in [-0.2, 0) is 16.6 Å². The van der Waals surface area contributed by atoms with Gasteiger partial charge in [-0.3, -0.25) is 4.99 Å². The van der Waals surface area contributed by atoms with E-state index in [0.29, 0.717) is 19.8 Å². The van der Waals surface area contributed by atoms with Gasteiger partial charge in [-0.1, -0.05) is 30.3 Å². The summed E-state index contributed by atoms with van der Waals surface area (Å²) in [6.07, 6.45) is 2.50. The largest absolute Gasteiger partial charge is 0.496 e. The summed E-state index contributed by atoms with van der Waals surface area (Å²) in [7, 11) is 1.69. The molecule has 0 unspecified atom stereocenters. The maximum Gasteiger partial charge on any atom is 0.191 e. The van der Waals surface area contributed by atoms with Gasteiger partial charge in [0, 0.05) is 31.7 Å². The van der Waals surface area contributed by atoms with Crippen LogP contribution in [0, 0.1) is 5.82 Å². The van der Waals surface area contributed by atoms with Gasteiger partial charge < -0.3 is 20.1 Å². The van der Waals surface area contributed by atoms with E-state index in [1.807, 2.05) is 31.2 Å². The van der Waals surface area contributed by atoms with Gasteiger partial charge in [-0.05, 0) is 55.5 Å². The Balaban J connectivity index is 0.00000341. The molecule has 31 heavy (non-hydrogen) atoms. The van der Waals surface area contributed by atoms with Gasteiger partial charge in [-0.2, -0.15) is 0 Å². The summed E-state index contributed by atoms with van der Waals surface area (Å²) in [6, 6.07) is 15.0. The lowest BCUT2D eigenvalue weighted by Gasteiger charge is -2.36.